The van der Waals surface area contributed by atoms with Gasteiger partial charge in [0.1, 0.15) is 11.6 Å². The van der Waals surface area contributed by atoms with Crippen LogP contribution < -0.4 is 5.32 Å². The maximum atomic E-state index is 13.3. The molecule has 122 valence electrons. The Bertz CT molecular complexity index is 825. The maximum absolute atomic E-state index is 13.3. The number of halogens is 1. The zero-order valence-electron chi connectivity index (χ0n) is 13.1. The van der Waals surface area contributed by atoms with E-state index in [9.17, 15) is 4.39 Å². The predicted molar refractivity (Wildman–Crippen MR) is 88.8 cm³/mol. The van der Waals surface area contributed by atoms with E-state index in [1.165, 1.54) is 37.8 Å². The van der Waals surface area contributed by atoms with E-state index >= 15 is 0 Å². The van der Waals surface area contributed by atoms with E-state index < -0.39 is 0 Å². The number of nitrogens with zero attached hydrogens (tertiary/aromatic N) is 3. The highest BCUT2D eigenvalue weighted by molar-refractivity contribution is 5.60. The van der Waals surface area contributed by atoms with E-state index in [2.05, 4.69) is 20.4 Å². The summed E-state index contributed by atoms with van der Waals surface area (Å²) < 4.78 is 18.6. The normalized spacial score (nSPS) is 14.9. The van der Waals surface area contributed by atoms with Gasteiger partial charge in [-0.15, -0.1) is 0 Å². The van der Waals surface area contributed by atoms with Crippen LogP contribution >= 0.6 is 0 Å². The summed E-state index contributed by atoms with van der Waals surface area (Å²) in [5.74, 6) is 1.25. The average Bonchev–Trinajstić information content (AvgIpc) is 3.27. The summed E-state index contributed by atoms with van der Waals surface area (Å²) in [6.45, 7) is 0. The third-order valence-corrected chi connectivity index (χ3v) is 4.23. The van der Waals surface area contributed by atoms with E-state index in [1.807, 2.05) is 12.1 Å². The molecule has 5 nitrogen and oxygen atoms in total. The Hall–Kier alpha value is -2.76. The van der Waals surface area contributed by atoms with Gasteiger partial charge in [0, 0.05) is 17.8 Å². The highest BCUT2D eigenvalue weighted by Gasteiger charge is 2.15. The molecule has 1 N–H and O–H groups in total. The fourth-order valence-electron chi connectivity index (χ4n) is 2.97. The van der Waals surface area contributed by atoms with Crippen LogP contribution in [0.25, 0.3) is 22.8 Å². The first-order valence-corrected chi connectivity index (χ1v) is 8.10. The van der Waals surface area contributed by atoms with Crippen LogP contribution in [0.15, 0.2) is 47.1 Å². The van der Waals surface area contributed by atoms with Crippen LogP contribution in [0, 0.1) is 5.82 Å². The molecule has 0 amide bonds. The van der Waals surface area contributed by atoms with Crippen molar-refractivity contribution >= 4 is 5.82 Å². The second kappa shape index (κ2) is 6.39. The molecule has 0 aliphatic heterocycles. The molecule has 0 atom stereocenters. The first-order valence-electron chi connectivity index (χ1n) is 8.10. The quantitative estimate of drug-likeness (QED) is 0.775. The SMILES string of the molecule is Fc1cccc(-c2noc(-c3ccc(NC4CCCC4)nc3)n2)c1. The Balaban J connectivity index is 1.51. The number of anilines is 1. The predicted octanol–water partition coefficient (Wildman–Crippen LogP) is 4.29. The second-order valence-corrected chi connectivity index (χ2v) is 5.99. The molecular weight excluding hydrogens is 307 g/mol. The van der Waals surface area contributed by atoms with Crippen molar-refractivity contribution in [1.29, 1.82) is 0 Å². The Morgan fingerprint density at radius 1 is 1.08 bits per heavy atom. The van der Waals surface area contributed by atoms with Gasteiger partial charge in [-0.25, -0.2) is 9.37 Å². The van der Waals surface area contributed by atoms with Gasteiger partial charge < -0.3 is 9.84 Å². The number of hydrogen-bond donors (Lipinski definition) is 1. The highest BCUT2D eigenvalue weighted by Crippen LogP contribution is 2.24. The Kier molecular flexibility index (Phi) is 3.94. The lowest BCUT2D eigenvalue weighted by molar-refractivity contribution is 0.432. The lowest BCUT2D eigenvalue weighted by atomic mass is 10.2. The number of aromatic nitrogens is 3. The van der Waals surface area contributed by atoms with Crippen molar-refractivity contribution in [2.75, 3.05) is 5.32 Å². The van der Waals surface area contributed by atoms with Crippen LogP contribution in [0.1, 0.15) is 25.7 Å². The van der Waals surface area contributed by atoms with Crippen molar-refractivity contribution in [3.05, 3.63) is 48.4 Å². The monoisotopic (exact) mass is 324 g/mol. The van der Waals surface area contributed by atoms with Crippen molar-refractivity contribution in [3.8, 4) is 22.8 Å². The minimum Gasteiger partial charge on any atom is -0.367 e. The molecule has 2 aromatic heterocycles. The van der Waals surface area contributed by atoms with Crippen LogP contribution in [0.2, 0.25) is 0 Å². The lowest BCUT2D eigenvalue weighted by Gasteiger charge is -2.12. The first-order chi connectivity index (χ1) is 11.8. The molecule has 6 heteroatoms. The lowest BCUT2D eigenvalue weighted by Crippen LogP contribution is -2.15. The Morgan fingerprint density at radius 3 is 2.71 bits per heavy atom. The van der Waals surface area contributed by atoms with Crippen LogP contribution in [-0.2, 0) is 0 Å². The summed E-state index contributed by atoms with van der Waals surface area (Å²) in [7, 11) is 0. The number of rotatable bonds is 4. The highest BCUT2D eigenvalue weighted by atomic mass is 19.1. The number of benzene rings is 1. The minimum absolute atomic E-state index is 0.331. The Labute approximate surface area is 138 Å². The molecule has 3 aromatic rings. The number of hydrogen-bond acceptors (Lipinski definition) is 5. The van der Waals surface area contributed by atoms with Crippen LogP contribution in [0.5, 0.6) is 0 Å². The smallest absolute Gasteiger partial charge is 0.259 e. The molecule has 1 fully saturated rings. The van der Waals surface area contributed by atoms with E-state index in [0.717, 1.165) is 11.4 Å². The van der Waals surface area contributed by atoms with E-state index in [1.54, 1.807) is 18.3 Å². The summed E-state index contributed by atoms with van der Waals surface area (Å²) in [6.07, 6.45) is 6.66. The molecule has 1 saturated carbocycles. The van der Waals surface area contributed by atoms with Crippen molar-refractivity contribution in [2.45, 2.75) is 31.7 Å². The van der Waals surface area contributed by atoms with Crippen LogP contribution in [0.4, 0.5) is 10.2 Å². The van der Waals surface area contributed by atoms with E-state index in [4.69, 9.17) is 4.52 Å². The van der Waals surface area contributed by atoms with E-state index in [-0.39, 0.29) is 5.82 Å². The molecule has 0 radical (unpaired) electrons. The molecule has 1 aliphatic carbocycles. The van der Waals surface area contributed by atoms with Gasteiger partial charge in [-0.2, -0.15) is 4.98 Å². The van der Waals surface area contributed by atoms with Gasteiger partial charge in [0.15, 0.2) is 0 Å². The van der Waals surface area contributed by atoms with Crippen molar-refractivity contribution in [2.24, 2.45) is 0 Å². The summed E-state index contributed by atoms with van der Waals surface area (Å²) >= 11 is 0. The van der Waals surface area contributed by atoms with Crippen molar-refractivity contribution < 1.29 is 8.91 Å². The van der Waals surface area contributed by atoms with Gasteiger partial charge >= 0.3 is 0 Å². The third kappa shape index (κ3) is 3.13. The molecule has 2 heterocycles. The largest absolute Gasteiger partial charge is 0.367 e. The zero-order valence-corrected chi connectivity index (χ0v) is 13.1. The first kappa shape index (κ1) is 14.8. The molecule has 0 spiro atoms. The molecule has 4 rings (SSSR count). The summed E-state index contributed by atoms with van der Waals surface area (Å²) in [6, 6.07) is 10.4. The fourth-order valence-corrected chi connectivity index (χ4v) is 2.97. The van der Waals surface area contributed by atoms with Gasteiger partial charge in [-0.3, -0.25) is 0 Å². The fraction of sp³-hybridized carbons (Fsp3) is 0.278. The van der Waals surface area contributed by atoms with Gasteiger partial charge in [0.2, 0.25) is 5.82 Å². The molecule has 0 bridgehead atoms. The molecular formula is C18H17FN4O. The van der Waals surface area contributed by atoms with Crippen molar-refractivity contribution in [1.82, 2.24) is 15.1 Å². The summed E-state index contributed by atoms with van der Waals surface area (Å²) in [5.41, 5.74) is 1.32. The zero-order chi connectivity index (χ0) is 16.4. The van der Waals surface area contributed by atoms with Crippen LogP contribution in [0.3, 0.4) is 0 Å². The molecule has 1 aromatic carbocycles. The molecule has 24 heavy (non-hydrogen) atoms. The third-order valence-electron chi connectivity index (χ3n) is 4.23. The second-order valence-electron chi connectivity index (χ2n) is 5.99. The molecule has 0 saturated heterocycles. The minimum atomic E-state index is -0.331. The molecule has 1 aliphatic rings. The van der Waals surface area contributed by atoms with Gasteiger partial charge in [0.05, 0.1) is 5.56 Å². The van der Waals surface area contributed by atoms with Gasteiger partial charge in [-0.1, -0.05) is 30.1 Å². The molecule has 0 unspecified atom stereocenters. The Morgan fingerprint density at radius 2 is 1.96 bits per heavy atom. The summed E-state index contributed by atoms with van der Waals surface area (Å²) in [5, 5.41) is 7.35. The number of pyridine rings is 1. The summed E-state index contributed by atoms with van der Waals surface area (Å²) in [4.78, 5) is 8.74. The topological polar surface area (TPSA) is 63.8 Å². The standard InChI is InChI=1S/C18H17FN4O/c19-14-5-3-4-12(10-14)17-22-18(24-23-17)13-8-9-16(20-11-13)21-15-6-1-2-7-15/h3-5,8-11,15H,1-2,6-7H2,(H,20,21). The van der Waals surface area contributed by atoms with Gasteiger partial charge in [-0.05, 0) is 37.1 Å². The number of nitrogens with one attached hydrogen (secondary N) is 1. The van der Waals surface area contributed by atoms with E-state index in [0.29, 0.717) is 23.3 Å². The average molecular weight is 324 g/mol. The maximum Gasteiger partial charge on any atom is 0.259 e. The van der Waals surface area contributed by atoms with Crippen molar-refractivity contribution in [3.63, 3.8) is 0 Å². The van der Waals surface area contributed by atoms with Gasteiger partial charge in [0.25, 0.3) is 5.89 Å². The van der Waals surface area contributed by atoms with Crippen LogP contribution in [-0.4, -0.2) is 21.2 Å².